The zero-order chi connectivity index (χ0) is 15.6. The summed E-state index contributed by atoms with van der Waals surface area (Å²) in [5, 5.41) is 8.76. The molecule has 21 heavy (non-hydrogen) atoms. The van der Waals surface area contributed by atoms with Crippen molar-refractivity contribution in [2.75, 3.05) is 7.05 Å². The number of nitriles is 1. The number of halogens is 1. The highest BCUT2D eigenvalue weighted by Gasteiger charge is 2.24. The summed E-state index contributed by atoms with van der Waals surface area (Å²) in [6.07, 6.45) is 0. The first kappa shape index (κ1) is 16.2. The van der Waals surface area contributed by atoms with Crippen molar-refractivity contribution in [1.29, 1.82) is 5.26 Å². The number of benzene rings is 1. The normalized spacial score (nSPS) is 11.6. The van der Waals surface area contributed by atoms with Crippen LogP contribution in [-0.2, 0) is 16.6 Å². The Hall–Kier alpha value is -1.20. The van der Waals surface area contributed by atoms with Crippen LogP contribution >= 0.6 is 27.3 Å². The predicted octanol–water partition coefficient (Wildman–Crippen LogP) is 3.51. The van der Waals surface area contributed by atoms with Gasteiger partial charge in [-0.1, -0.05) is 12.1 Å². The van der Waals surface area contributed by atoms with Crippen molar-refractivity contribution in [3.8, 4) is 6.07 Å². The van der Waals surface area contributed by atoms with E-state index in [0.717, 1.165) is 14.2 Å². The number of rotatable bonds is 4. The maximum absolute atomic E-state index is 12.6. The molecule has 0 aliphatic rings. The number of nitrogens with zero attached hydrogens (tertiary/aromatic N) is 2. The Morgan fingerprint density at radius 3 is 2.43 bits per heavy atom. The number of aryl methyl sites for hydroxylation is 1. The van der Waals surface area contributed by atoms with Crippen molar-refractivity contribution in [3.63, 3.8) is 0 Å². The van der Waals surface area contributed by atoms with E-state index >= 15 is 0 Å². The molecule has 2 rings (SSSR count). The van der Waals surface area contributed by atoms with Crippen LogP contribution in [0.2, 0.25) is 0 Å². The van der Waals surface area contributed by atoms with Gasteiger partial charge in [-0.3, -0.25) is 0 Å². The third-order valence-electron chi connectivity index (χ3n) is 3.02. The van der Waals surface area contributed by atoms with E-state index in [0.29, 0.717) is 10.5 Å². The van der Waals surface area contributed by atoms with Gasteiger partial charge in [0.1, 0.15) is 0 Å². The van der Waals surface area contributed by atoms with Crippen LogP contribution in [0, 0.1) is 18.3 Å². The number of hydrogen-bond donors (Lipinski definition) is 0. The lowest BCUT2D eigenvalue weighted by molar-refractivity contribution is 0.466. The second-order valence-electron chi connectivity index (χ2n) is 4.54. The molecular weight excluding hydrogens is 372 g/mol. The number of hydrogen-bond acceptors (Lipinski definition) is 4. The van der Waals surface area contributed by atoms with Gasteiger partial charge < -0.3 is 0 Å². The van der Waals surface area contributed by atoms with E-state index in [-0.39, 0.29) is 6.54 Å². The van der Waals surface area contributed by atoms with E-state index in [1.807, 2.05) is 6.07 Å². The highest BCUT2D eigenvalue weighted by molar-refractivity contribution is 9.11. The zero-order valence-electron chi connectivity index (χ0n) is 11.5. The molecule has 4 nitrogen and oxygen atoms in total. The standard InChI is InChI=1S/C14H13BrN2O2S2/c1-10-13(7-14(15)20-10)21(18,19)17(2)9-12-5-3-11(8-16)4-6-12/h3-7H,9H2,1-2H3. The lowest BCUT2D eigenvalue weighted by atomic mass is 10.1. The van der Waals surface area contributed by atoms with Crippen LogP contribution in [0.4, 0.5) is 0 Å². The molecule has 1 aromatic carbocycles. The van der Waals surface area contributed by atoms with Crippen molar-refractivity contribution in [2.45, 2.75) is 18.4 Å². The van der Waals surface area contributed by atoms with Gasteiger partial charge in [0.2, 0.25) is 10.0 Å². The Morgan fingerprint density at radius 1 is 1.33 bits per heavy atom. The average molecular weight is 385 g/mol. The van der Waals surface area contributed by atoms with Crippen LogP contribution in [-0.4, -0.2) is 19.8 Å². The summed E-state index contributed by atoms with van der Waals surface area (Å²) in [6, 6.07) is 10.6. The summed E-state index contributed by atoms with van der Waals surface area (Å²) in [7, 11) is -1.96. The quantitative estimate of drug-likeness (QED) is 0.809. The fourth-order valence-electron chi connectivity index (χ4n) is 1.88. The maximum atomic E-state index is 12.6. The van der Waals surface area contributed by atoms with Crippen LogP contribution in [0.3, 0.4) is 0 Å². The number of sulfonamides is 1. The molecule has 0 bridgehead atoms. The Balaban J connectivity index is 2.24. The second-order valence-corrected chi connectivity index (χ2v) is 9.19. The molecule has 1 aromatic heterocycles. The monoisotopic (exact) mass is 384 g/mol. The highest BCUT2D eigenvalue weighted by atomic mass is 79.9. The van der Waals surface area contributed by atoms with Gasteiger partial charge in [-0.05, 0) is 46.6 Å². The molecule has 0 aliphatic heterocycles. The Labute approximate surface area is 136 Å². The van der Waals surface area contributed by atoms with Gasteiger partial charge in [0.15, 0.2) is 0 Å². The summed E-state index contributed by atoms with van der Waals surface area (Å²) < 4.78 is 27.2. The van der Waals surface area contributed by atoms with Gasteiger partial charge in [0.25, 0.3) is 0 Å². The molecule has 0 unspecified atom stereocenters. The smallest absolute Gasteiger partial charge is 0.207 e. The second kappa shape index (κ2) is 6.28. The molecule has 1 heterocycles. The zero-order valence-corrected chi connectivity index (χ0v) is 14.7. The molecule has 0 amide bonds. The predicted molar refractivity (Wildman–Crippen MR) is 86.6 cm³/mol. The van der Waals surface area contributed by atoms with E-state index in [4.69, 9.17) is 5.26 Å². The molecule has 110 valence electrons. The fraction of sp³-hybridized carbons (Fsp3) is 0.214. The van der Waals surface area contributed by atoms with Crippen LogP contribution in [0.25, 0.3) is 0 Å². The van der Waals surface area contributed by atoms with E-state index < -0.39 is 10.0 Å². The molecule has 7 heteroatoms. The summed E-state index contributed by atoms with van der Waals surface area (Å²) in [5.74, 6) is 0. The molecule has 0 saturated carbocycles. The summed E-state index contributed by atoms with van der Waals surface area (Å²) in [4.78, 5) is 1.09. The topological polar surface area (TPSA) is 61.2 Å². The largest absolute Gasteiger partial charge is 0.244 e. The van der Waals surface area contributed by atoms with E-state index in [9.17, 15) is 8.42 Å². The van der Waals surface area contributed by atoms with Crippen LogP contribution in [0.1, 0.15) is 16.0 Å². The lowest BCUT2D eigenvalue weighted by Crippen LogP contribution is -2.26. The fourth-order valence-corrected chi connectivity index (χ4v) is 5.42. The van der Waals surface area contributed by atoms with Crippen LogP contribution < -0.4 is 0 Å². The molecule has 0 fully saturated rings. The lowest BCUT2D eigenvalue weighted by Gasteiger charge is -2.17. The highest BCUT2D eigenvalue weighted by Crippen LogP contribution is 2.31. The first-order chi connectivity index (χ1) is 9.84. The first-order valence-electron chi connectivity index (χ1n) is 6.06. The van der Waals surface area contributed by atoms with Crippen molar-refractivity contribution in [3.05, 3.63) is 50.1 Å². The number of thiophene rings is 1. The van der Waals surface area contributed by atoms with Crippen molar-refractivity contribution in [2.24, 2.45) is 0 Å². The summed E-state index contributed by atoms with van der Waals surface area (Å²) in [5.41, 5.74) is 1.40. The van der Waals surface area contributed by atoms with Crippen molar-refractivity contribution >= 4 is 37.3 Å². The summed E-state index contributed by atoms with van der Waals surface area (Å²) >= 11 is 4.71. The van der Waals surface area contributed by atoms with Gasteiger partial charge >= 0.3 is 0 Å². The van der Waals surface area contributed by atoms with Crippen LogP contribution in [0.5, 0.6) is 0 Å². The molecule has 0 aliphatic carbocycles. The molecule has 0 N–H and O–H groups in total. The van der Waals surface area contributed by atoms with Crippen LogP contribution in [0.15, 0.2) is 39.0 Å². The SMILES string of the molecule is Cc1sc(Br)cc1S(=O)(=O)N(C)Cc1ccc(C#N)cc1. The molecule has 0 saturated heterocycles. The van der Waals surface area contributed by atoms with Crippen molar-refractivity contribution < 1.29 is 8.42 Å². The Bertz CT molecular complexity index is 789. The van der Waals surface area contributed by atoms with Gasteiger partial charge in [0, 0.05) is 18.5 Å². The minimum Gasteiger partial charge on any atom is -0.207 e. The van der Waals surface area contributed by atoms with E-state index in [1.165, 1.54) is 15.6 Å². The summed E-state index contributed by atoms with van der Waals surface area (Å²) in [6.45, 7) is 2.05. The van der Waals surface area contributed by atoms with Gasteiger partial charge in [0.05, 0.1) is 20.3 Å². The van der Waals surface area contributed by atoms with Gasteiger partial charge in [-0.25, -0.2) is 8.42 Å². The Morgan fingerprint density at radius 2 is 1.95 bits per heavy atom. The molecule has 2 aromatic rings. The minimum atomic E-state index is -3.51. The van der Waals surface area contributed by atoms with Gasteiger partial charge in [-0.2, -0.15) is 9.57 Å². The average Bonchev–Trinajstić information content (AvgIpc) is 2.79. The molecule has 0 atom stereocenters. The van der Waals surface area contributed by atoms with Gasteiger partial charge in [-0.15, -0.1) is 11.3 Å². The van der Waals surface area contributed by atoms with Crippen molar-refractivity contribution in [1.82, 2.24) is 4.31 Å². The van der Waals surface area contributed by atoms with E-state index in [2.05, 4.69) is 15.9 Å². The van der Waals surface area contributed by atoms with E-state index in [1.54, 1.807) is 44.3 Å². The minimum absolute atomic E-state index is 0.265. The third-order valence-corrected chi connectivity index (χ3v) is 6.63. The Kier molecular flexibility index (Phi) is 4.84. The molecule has 0 radical (unpaired) electrons. The third kappa shape index (κ3) is 3.52. The molecular formula is C14H13BrN2O2S2. The molecule has 0 spiro atoms. The first-order valence-corrected chi connectivity index (χ1v) is 9.11. The maximum Gasteiger partial charge on any atom is 0.244 e.